The molecule has 6 heteroatoms. The Morgan fingerprint density at radius 2 is 1.93 bits per heavy atom. The molecule has 4 heterocycles. The molecule has 150 valence electrons. The molecule has 1 aromatic carbocycles. The van der Waals surface area contributed by atoms with Crippen LogP contribution in [0.5, 0.6) is 0 Å². The van der Waals surface area contributed by atoms with Gasteiger partial charge in [-0.05, 0) is 43.1 Å². The Hall–Kier alpha value is -2.57. The molecule has 5 nitrogen and oxygen atoms in total. The first-order chi connectivity index (χ1) is 14.1. The maximum Gasteiger partial charge on any atom is 0.251 e. The predicted octanol–water partition coefficient (Wildman–Crippen LogP) is 2.67. The predicted molar refractivity (Wildman–Crippen MR) is 111 cm³/mol. The summed E-state index contributed by atoms with van der Waals surface area (Å²) in [5, 5.41) is 3.60. The third-order valence-corrected chi connectivity index (χ3v) is 6.63. The van der Waals surface area contributed by atoms with Gasteiger partial charge in [-0.15, -0.1) is 0 Å². The van der Waals surface area contributed by atoms with E-state index < -0.39 is 5.82 Å². The summed E-state index contributed by atoms with van der Waals surface area (Å²) >= 11 is 0. The van der Waals surface area contributed by atoms with E-state index in [-0.39, 0.29) is 11.0 Å². The third-order valence-electron chi connectivity index (χ3n) is 6.63. The molecule has 0 atom stereocenters. The molecular formula is C23H25FN4O. The average molecular weight is 392 g/mol. The number of aromatic nitrogens is 2. The van der Waals surface area contributed by atoms with Crippen molar-refractivity contribution in [2.45, 2.75) is 31.3 Å². The monoisotopic (exact) mass is 392 g/mol. The van der Waals surface area contributed by atoms with E-state index in [1.165, 1.54) is 29.5 Å². The summed E-state index contributed by atoms with van der Waals surface area (Å²) in [5.41, 5.74) is 4.25. The van der Waals surface area contributed by atoms with Gasteiger partial charge in [0, 0.05) is 43.7 Å². The van der Waals surface area contributed by atoms with Crippen LogP contribution < -0.4 is 10.9 Å². The van der Waals surface area contributed by atoms with Gasteiger partial charge in [0.15, 0.2) is 0 Å². The number of nitrogens with zero attached hydrogens (tertiary/aromatic N) is 3. The normalized spacial score (nSPS) is 18.8. The largest absolute Gasteiger partial charge is 0.312 e. The molecular weight excluding hydrogens is 367 g/mol. The van der Waals surface area contributed by atoms with Crippen LogP contribution in [0.25, 0.3) is 11.0 Å². The second kappa shape index (κ2) is 7.35. The van der Waals surface area contributed by atoms with E-state index >= 15 is 0 Å². The van der Waals surface area contributed by atoms with Crippen LogP contribution in [0.3, 0.4) is 0 Å². The number of piperidine rings is 1. The first-order valence-corrected chi connectivity index (χ1v) is 10.3. The van der Waals surface area contributed by atoms with Gasteiger partial charge in [-0.1, -0.05) is 24.3 Å². The fourth-order valence-corrected chi connectivity index (χ4v) is 4.99. The molecule has 0 bridgehead atoms. The van der Waals surface area contributed by atoms with Crippen molar-refractivity contribution in [1.29, 1.82) is 0 Å². The van der Waals surface area contributed by atoms with Crippen LogP contribution in [0, 0.1) is 5.82 Å². The van der Waals surface area contributed by atoms with E-state index in [9.17, 15) is 9.18 Å². The summed E-state index contributed by atoms with van der Waals surface area (Å²) < 4.78 is 15.3. The smallest absolute Gasteiger partial charge is 0.251 e. The lowest BCUT2D eigenvalue weighted by Crippen LogP contribution is -2.51. The van der Waals surface area contributed by atoms with Crippen molar-refractivity contribution in [2.24, 2.45) is 0 Å². The lowest BCUT2D eigenvalue weighted by atomic mass is 9.69. The Bertz CT molecular complexity index is 1100. The van der Waals surface area contributed by atoms with E-state index in [1.54, 1.807) is 10.6 Å². The van der Waals surface area contributed by atoms with Gasteiger partial charge in [0.2, 0.25) is 0 Å². The van der Waals surface area contributed by atoms with E-state index in [2.05, 4.69) is 39.5 Å². The fraction of sp³-hybridized carbons (Fsp3) is 0.391. The second-order valence-electron chi connectivity index (χ2n) is 8.26. The summed E-state index contributed by atoms with van der Waals surface area (Å²) in [4.78, 5) is 18.9. The summed E-state index contributed by atoms with van der Waals surface area (Å²) in [7, 11) is 0. The van der Waals surface area contributed by atoms with Gasteiger partial charge in [0.25, 0.3) is 5.56 Å². The molecule has 2 aromatic heterocycles. The van der Waals surface area contributed by atoms with Crippen molar-refractivity contribution in [3.63, 3.8) is 0 Å². The zero-order valence-electron chi connectivity index (χ0n) is 16.4. The van der Waals surface area contributed by atoms with Crippen molar-refractivity contribution in [2.75, 3.05) is 26.2 Å². The van der Waals surface area contributed by atoms with Gasteiger partial charge in [-0.2, -0.15) is 0 Å². The number of benzene rings is 1. The van der Waals surface area contributed by atoms with Crippen LogP contribution in [0.15, 0.2) is 53.5 Å². The maximum atomic E-state index is 13.7. The first-order valence-electron chi connectivity index (χ1n) is 10.3. The van der Waals surface area contributed by atoms with Crippen LogP contribution in [0.2, 0.25) is 0 Å². The Balaban J connectivity index is 1.31. The molecule has 3 aromatic rings. The lowest BCUT2D eigenvalue weighted by Gasteiger charge is -2.45. The van der Waals surface area contributed by atoms with E-state index in [0.717, 1.165) is 45.6 Å². The molecule has 1 saturated heterocycles. The van der Waals surface area contributed by atoms with Crippen LogP contribution in [-0.2, 0) is 18.5 Å². The number of hydrogen-bond acceptors (Lipinski definition) is 4. The van der Waals surface area contributed by atoms with Gasteiger partial charge in [0.1, 0.15) is 5.82 Å². The number of pyridine rings is 2. The minimum atomic E-state index is -0.416. The number of halogens is 1. The number of nitrogens with one attached hydrogen (secondary N) is 1. The van der Waals surface area contributed by atoms with Crippen LogP contribution >= 0.6 is 0 Å². The van der Waals surface area contributed by atoms with Gasteiger partial charge in [-0.25, -0.2) is 4.39 Å². The van der Waals surface area contributed by atoms with E-state index in [1.807, 2.05) is 0 Å². The third kappa shape index (κ3) is 3.36. The molecule has 29 heavy (non-hydrogen) atoms. The number of likely N-dealkylation sites (tertiary alicyclic amines) is 1. The minimum absolute atomic E-state index is 0.108. The standard InChI is InChI=1S/C23H25FN4O/c24-18-13-21-20(26-15-18)5-6-22(29)28(21)12-11-27-9-7-23(8-10-27)16-25-14-17-3-1-2-4-19(17)23/h1-6,13,15,25H,7-12,14,16H2. The molecule has 2 aliphatic rings. The van der Waals surface area contributed by atoms with Crippen LogP contribution in [0.4, 0.5) is 4.39 Å². The highest BCUT2D eigenvalue weighted by atomic mass is 19.1. The zero-order valence-corrected chi connectivity index (χ0v) is 16.4. The van der Waals surface area contributed by atoms with Crippen molar-refractivity contribution in [3.05, 3.63) is 76.0 Å². The van der Waals surface area contributed by atoms with E-state index in [0.29, 0.717) is 17.6 Å². The summed E-state index contributed by atoms with van der Waals surface area (Å²) in [6.45, 7) is 5.32. The van der Waals surface area contributed by atoms with Gasteiger partial charge < -0.3 is 14.8 Å². The molecule has 0 saturated carbocycles. The fourth-order valence-electron chi connectivity index (χ4n) is 4.99. The SMILES string of the molecule is O=c1ccc2ncc(F)cc2n1CCN1CCC2(CC1)CNCc1ccccc12. The summed E-state index contributed by atoms with van der Waals surface area (Å²) in [5.74, 6) is -0.416. The number of hydrogen-bond donors (Lipinski definition) is 1. The Morgan fingerprint density at radius 3 is 2.79 bits per heavy atom. The second-order valence-corrected chi connectivity index (χ2v) is 8.26. The Labute approximate surface area is 169 Å². The minimum Gasteiger partial charge on any atom is -0.312 e. The Morgan fingerprint density at radius 1 is 1.10 bits per heavy atom. The quantitative estimate of drug-likeness (QED) is 0.745. The molecule has 0 unspecified atom stereocenters. The maximum absolute atomic E-state index is 13.7. The van der Waals surface area contributed by atoms with Crippen LogP contribution in [0.1, 0.15) is 24.0 Å². The Kier molecular flexibility index (Phi) is 4.68. The van der Waals surface area contributed by atoms with Crippen molar-refractivity contribution < 1.29 is 4.39 Å². The van der Waals surface area contributed by atoms with Crippen LogP contribution in [-0.4, -0.2) is 40.6 Å². The molecule has 1 N–H and O–H groups in total. The molecule has 5 rings (SSSR count). The van der Waals surface area contributed by atoms with Crippen molar-refractivity contribution in [3.8, 4) is 0 Å². The highest BCUT2D eigenvalue weighted by Crippen LogP contribution is 2.39. The van der Waals surface area contributed by atoms with E-state index in [4.69, 9.17) is 0 Å². The zero-order chi connectivity index (χ0) is 19.8. The topological polar surface area (TPSA) is 50.2 Å². The van der Waals surface area contributed by atoms with Crippen molar-refractivity contribution >= 4 is 11.0 Å². The van der Waals surface area contributed by atoms with Gasteiger partial charge in [0.05, 0.1) is 17.2 Å². The first kappa shape index (κ1) is 18.5. The molecule has 1 spiro atoms. The number of fused-ring (bicyclic) bond motifs is 3. The molecule has 2 aliphatic heterocycles. The molecule has 1 fully saturated rings. The molecule has 0 radical (unpaired) electrons. The lowest BCUT2D eigenvalue weighted by molar-refractivity contribution is 0.146. The van der Waals surface area contributed by atoms with Gasteiger partial charge in [-0.3, -0.25) is 9.78 Å². The highest BCUT2D eigenvalue weighted by molar-refractivity contribution is 5.74. The van der Waals surface area contributed by atoms with Crippen molar-refractivity contribution in [1.82, 2.24) is 19.8 Å². The van der Waals surface area contributed by atoms with Gasteiger partial charge >= 0.3 is 0 Å². The summed E-state index contributed by atoms with van der Waals surface area (Å²) in [6.07, 6.45) is 3.41. The molecule has 0 aliphatic carbocycles. The number of rotatable bonds is 3. The summed E-state index contributed by atoms with van der Waals surface area (Å²) in [6, 6.07) is 13.4. The highest BCUT2D eigenvalue weighted by Gasteiger charge is 2.39. The molecule has 0 amide bonds. The average Bonchev–Trinajstić information content (AvgIpc) is 2.75.